The van der Waals surface area contributed by atoms with Crippen molar-refractivity contribution in [3.8, 4) is 5.69 Å². The summed E-state index contributed by atoms with van der Waals surface area (Å²) in [5.74, 6) is 0. The van der Waals surface area contributed by atoms with E-state index in [1.165, 1.54) is 16.8 Å². The van der Waals surface area contributed by atoms with Crippen LogP contribution in [0.25, 0.3) is 5.69 Å². The van der Waals surface area contributed by atoms with Crippen molar-refractivity contribution < 1.29 is 28.5 Å². The summed E-state index contributed by atoms with van der Waals surface area (Å²) in [7, 11) is 2.03. The SMILES string of the molecule is Cc1ccc(C)c(-n2cc[n+](C)c2)c1.[I-]. The first kappa shape index (κ1) is 12.2. The molecule has 2 rings (SSSR count). The molecule has 0 unspecified atom stereocenters. The van der Waals surface area contributed by atoms with Crippen molar-refractivity contribution in [1.29, 1.82) is 0 Å². The lowest BCUT2D eigenvalue weighted by Gasteiger charge is -2.01. The maximum absolute atomic E-state index is 2.20. The zero-order valence-electron chi connectivity index (χ0n) is 9.24. The number of nitrogens with zero attached hydrogens (tertiary/aromatic N) is 2. The molecule has 3 heteroatoms. The summed E-state index contributed by atoms with van der Waals surface area (Å²) < 4.78 is 4.18. The van der Waals surface area contributed by atoms with E-state index in [0.717, 1.165) is 0 Å². The Bertz CT molecular complexity index is 460. The highest BCUT2D eigenvalue weighted by Crippen LogP contribution is 2.14. The van der Waals surface area contributed by atoms with Crippen LogP contribution in [0.1, 0.15) is 11.1 Å². The van der Waals surface area contributed by atoms with Crippen molar-refractivity contribution >= 4 is 0 Å². The van der Waals surface area contributed by atoms with E-state index in [4.69, 9.17) is 0 Å². The van der Waals surface area contributed by atoms with Gasteiger partial charge in [-0.25, -0.2) is 9.13 Å². The summed E-state index contributed by atoms with van der Waals surface area (Å²) in [6.07, 6.45) is 6.19. The zero-order chi connectivity index (χ0) is 10.1. The fourth-order valence-corrected chi connectivity index (χ4v) is 1.59. The summed E-state index contributed by atoms with van der Waals surface area (Å²) in [6, 6.07) is 6.50. The Morgan fingerprint density at radius 3 is 2.53 bits per heavy atom. The van der Waals surface area contributed by atoms with E-state index >= 15 is 0 Å². The summed E-state index contributed by atoms with van der Waals surface area (Å²) in [5.41, 5.74) is 3.85. The molecule has 0 saturated carbocycles. The molecule has 0 bridgehead atoms. The van der Waals surface area contributed by atoms with E-state index in [1.54, 1.807) is 0 Å². The second-order valence-corrected chi connectivity index (χ2v) is 3.78. The molecule has 0 aliphatic carbocycles. The highest BCUT2D eigenvalue weighted by molar-refractivity contribution is 5.42. The average molecular weight is 314 g/mol. The van der Waals surface area contributed by atoms with Crippen LogP contribution in [0.5, 0.6) is 0 Å². The molecule has 15 heavy (non-hydrogen) atoms. The summed E-state index contributed by atoms with van der Waals surface area (Å²) in [4.78, 5) is 0. The molecular formula is C12H15IN2. The maximum Gasteiger partial charge on any atom is 0.248 e. The van der Waals surface area contributed by atoms with Crippen molar-refractivity contribution in [1.82, 2.24) is 4.57 Å². The second-order valence-electron chi connectivity index (χ2n) is 3.78. The third kappa shape index (κ3) is 2.59. The van der Waals surface area contributed by atoms with Crippen LogP contribution >= 0.6 is 0 Å². The number of rotatable bonds is 1. The minimum atomic E-state index is 0. The molecule has 0 aliphatic heterocycles. The normalized spacial score (nSPS) is 9.80. The summed E-state index contributed by atoms with van der Waals surface area (Å²) in [5, 5.41) is 0. The van der Waals surface area contributed by atoms with Gasteiger partial charge in [-0.2, -0.15) is 0 Å². The third-order valence-electron chi connectivity index (χ3n) is 2.41. The van der Waals surface area contributed by atoms with Gasteiger partial charge in [-0.15, -0.1) is 0 Å². The molecule has 1 aromatic carbocycles. The molecular weight excluding hydrogens is 299 g/mol. The van der Waals surface area contributed by atoms with Crippen molar-refractivity contribution in [3.63, 3.8) is 0 Å². The Labute approximate surface area is 108 Å². The van der Waals surface area contributed by atoms with Crippen LogP contribution in [0.4, 0.5) is 0 Å². The van der Waals surface area contributed by atoms with Crippen LogP contribution in [0.2, 0.25) is 0 Å². The molecule has 0 saturated heterocycles. The fraction of sp³-hybridized carbons (Fsp3) is 0.250. The van der Waals surface area contributed by atoms with E-state index in [0.29, 0.717) is 0 Å². The molecule has 0 atom stereocenters. The van der Waals surface area contributed by atoms with E-state index in [2.05, 4.69) is 49.1 Å². The highest BCUT2D eigenvalue weighted by Gasteiger charge is 2.07. The van der Waals surface area contributed by atoms with E-state index in [9.17, 15) is 0 Å². The smallest absolute Gasteiger partial charge is 0.248 e. The average Bonchev–Trinajstić information content (AvgIpc) is 2.56. The number of imidazole rings is 1. The Morgan fingerprint density at radius 2 is 1.93 bits per heavy atom. The van der Waals surface area contributed by atoms with Crippen molar-refractivity contribution in [3.05, 3.63) is 48.0 Å². The molecule has 0 aliphatic rings. The van der Waals surface area contributed by atoms with E-state index in [1.807, 2.05) is 17.8 Å². The number of halogens is 1. The van der Waals surface area contributed by atoms with Crippen LogP contribution in [0.15, 0.2) is 36.9 Å². The first-order valence-corrected chi connectivity index (χ1v) is 4.77. The van der Waals surface area contributed by atoms with E-state index in [-0.39, 0.29) is 24.0 Å². The van der Waals surface area contributed by atoms with Crippen molar-refractivity contribution in [2.45, 2.75) is 13.8 Å². The number of hydrogen-bond acceptors (Lipinski definition) is 0. The molecule has 0 amide bonds. The molecule has 0 radical (unpaired) electrons. The molecule has 2 aromatic rings. The first-order chi connectivity index (χ1) is 6.66. The maximum atomic E-state index is 2.20. The van der Waals surface area contributed by atoms with Crippen LogP contribution in [-0.4, -0.2) is 4.57 Å². The Morgan fingerprint density at radius 1 is 1.20 bits per heavy atom. The van der Waals surface area contributed by atoms with Crippen LogP contribution in [0, 0.1) is 13.8 Å². The number of hydrogen-bond donors (Lipinski definition) is 0. The predicted molar refractivity (Wildman–Crippen MR) is 56.4 cm³/mol. The van der Waals surface area contributed by atoms with Gasteiger partial charge >= 0.3 is 0 Å². The molecule has 1 aromatic heterocycles. The highest BCUT2D eigenvalue weighted by atomic mass is 127. The molecule has 0 N–H and O–H groups in total. The molecule has 2 nitrogen and oxygen atoms in total. The quantitative estimate of drug-likeness (QED) is 0.468. The van der Waals surface area contributed by atoms with Gasteiger partial charge in [0, 0.05) is 0 Å². The van der Waals surface area contributed by atoms with Crippen molar-refractivity contribution in [2.75, 3.05) is 0 Å². The molecule has 1 heterocycles. The van der Waals surface area contributed by atoms with Crippen molar-refractivity contribution in [2.24, 2.45) is 7.05 Å². The number of aromatic nitrogens is 2. The van der Waals surface area contributed by atoms with Crippen LogP contribution < -0.4 is 28.5 Å². The van der Waals surface area contributed by atoms with E-state index < -0.39 is 0 Å². The van der Waals surface area contributed by atoms with Gasteiger partial charge in [0.25, 0.3) is 0 Å². The van der Waals surface area contributed by atoms with Crippen LogP contribution in [-0.2, 0) is 7.05 Å². The van der Waals surface area contributed by atoms with Gasteiger partial charge in [-0.3, -0.25) is 0 Å². The van der Waals surface area contributed by atoms with Gasteiger partial charge in [0.05, 0.1) is 7.05 Å². The topological polar surface area (TPSA) is 8.81 Å². The monoisotopic (exact) mass is 314 g/mol. The lowest BCUT2D eigenvalue weighted by molar-refractivity contribution is -0.670. The molecule has 80 valence electrons. The van der Waals surface area contributed by atoms with Crippen LogP contribution in [0.3, 0.4) is 0 Å². The molecule has 0 fully saturated rings. The predicted octanol–water partition coefficient (Wildman–Crippen LogP) is -1.08. The first-order valence-electron chi connectivity index (χ1n) is 4.77. The Hall–Kier alpha value is -0.840. The lowest BCUT2D eigenvalue weighted by atomic mass is 10.1. The third-order valence-corrected chi connectivity index (χ3v) is 2.41. The fourth-order valence-electron chi connectivity index (χ4n) is 1.59. The van der Waals surface area contributed by atoms with Gasteiger partial charge in [0.15, 0.2) is 0 Å². The number of aryl methyl sites for hydroxylation is 3. The molecule has 0 spiro atoms. The van der Waals surface area contributed by atoms with Gasteiger partial charge in [-0.1, -0.05) is 12.1 Å². The second kappa shape index (κ2) is 4.79. The van der Waals surface area contributed by atoms with Gasteiger partial charge in [-0.05, 0) is 31.0 Å². The number of benzene rings is 1. The minimum Gasteiger partial charge on any atom is -1.00 e. The van der Waals surface area contributed by atoms with Gasteiger partial charge < -0.3 is 24.0 Å². The van der Waals surface area contributed by atoms with Gasteiger partial charge in [0.2, 0.25) is 6.33 Å². The Kier molecular flexibility index (Phi) is 3.90. The largest absolute Gasteiger partial charge is 1.00 e. The standard InChI is InChI=1S/C12H15N2.HI/c1-10-4-5-11(2)12(8-10)14-7-6-13(3)9-14;/h4-9H,1-3H3;1H/q+1;/p-1. The Balaban J connectivity index is 0.00000112. The zero-order valence-corrected chi connectivity index (χ0v) is 11.4. The van der Waals surface area contributed by atoms with Gasteiger partial charge in [0.1, 0.15) is 18.1 Å². The summed E-state index contributed by atoms with van der Waals surface area (Å²) >= 11 is 0. The lowest BCUT2D eigenvalue weighted by Crippen LogP contribution is -3.00. The minimum absolute atomic E-state index is 0. The summed E-state index contributed by atoms with van der Waals surface area (Å²) in [6.45, 7) is 4.25.